The number of aromatic nitrogens is 2. The number of carbonyl (C=O) groups excluding carboxylic acids is 1. The summed E-state index contributed by atoms with van der Waals surface area (Å²) in [6.07, 6.45) is 4.38. The van der Waals surface area contributed by atoms with E-state index in [0.717, 1.165) is 12.0 Å². The largest absolute Gasteiger partial charge is 0.473 e. The van der Waals surface area contributed by atoms with Crippen LogP contribution < -0.4 is 10.1 Å². The standard InChI is InChI=1S/C19H25N3O2/c1-14-16(18(23)21-12-9-19(2,3)4)5-6-17(22-14)24-13-15-7-10-20-11-8-15/h5-8,10-11H,9,12-13H2,1-4H3,(H,21,23). The van der Waals surface area contributed by atoms with Crippen LogP contribution in [0.5, 0.6) is 5.88 Å². The van der Waals surface area contributed by atoms with Crippen LogP contribution in [-0.4, -0.2) is 22.4 Å². The van der Waals surface area contributed by atoms with Gasteiger partial charge in [-0.05, 0) is 42.5 Å². The molecule has 2 aromatic heterocycles. The first kappa shape index (κ1) is 17.9. The van der Waals surface area contributed by atoms with Crippen molar-refractivity contribution in [3.8, 4) is 5.88 Å². The lowest BCUT2D eigenvalue weighted by Crippen LogP contribution is -2.28. The van der Waals surface area contributed by atoms with Gasteiger partial charge in [-0.15, -0.1) is 0 Å². The summed E-state index contributed by atoms with van der Waals surface area (Å²) in [5, 5.41) is 2.95. The van der Waals surface area contributed by atoms with Crippen molar-refractivity contribution in [1.82, 2.24) is 15.3 Å². The molecule has 0 saturated carbocycles. The van der Waals surface area contributed by atoms with Gasteiger partial charge in [-0.1, -0.05) is 20.8 Å². The lowest BCUT2D eigenvalue weighted by molar-refractivity contribution is 0.0948. The van der Waals surface area contributed by atoms with E-state index in [1.54, 1.807) is 24.5 Å². The summed E-state index contributed by atoms with van der Waals surface area (Å²) in [7, 11) is 0. The zero-order chi connectivity index (χ0) is 17.6. The van der Waals surface area contributed by atoms with Crippen molar-refractivity contribution >= 4 is 5.91 Å². The molecule has 0 aliphatic carbocycles. The van der Waals surface area contributed by atoms with E-state index >= 15 is 0 Å². The Morgan fingerprint density at radius 3 is 2.50 bits per heavy atom. The van der Waals surface area contributed by atoms with E-state index in [-0.39, 0.29) is 11.3 Å². The highest BCUT2D eigenvalue weighted by molar-refractivity contribution is 5.95. The van der Waals surface area contributed by atoms with E-state index < -0.39 is 0 Å². The van der Waals surface area contributed by atoms with Crippen LogP contribution in [0.2, 0.25) is 0 Å². The third-order valence-electron chi connectivity index (χ3n) is 3.60. The molecule has 5 heteroatoms. The Morgan fingerprint density at radius 2 is 1.88 bits per heavy atom. The van der Waals surface area contributed by atoms with Crippen molar-refractivity contribution in [3.05, 3.63) is 53.5 Å². The number of carbonyl (C=O) groups is 1. The SMILES string of the molecule is Cc1nc(OCc2ccncc2)ccc1C(=O)NCCC(C)(C)C. The molecular weight excluding hydrogens is 302 g/mol. The molecule has 0 aliphatic heterocycles. The molecule has 5 nitrogen and oxygen atoms in total. The number of hydrogen-bond donors (Lipinski definition) is 1. The zero-order valence-electron chi connectivity index (χ0n) is 14.8. The monoisotopic (exact) mass is 327 g/mol. The Morgan fingerprint density at radius 1 is 1.17 bits per heavy atom. The fraction of sp³-hybridized carbons (Fsp3) is 0.421. The summed E-state index contributed by atoms with van der Waals surface area (Å²) >= 11 is 0. The molecule has 1 amide bonds. The lowest BCUT2D eigenvalue weighted by Gasteiger charge is -2.18. The molecule has 0 saturated heterocycles. The van der Waals surface area contributed by atoms with Crippen LogP contribution in [-0.2, 0) is 6.61 Å². The Hall–Kier alpha value is -2.43. The van der Waals surface area contributed by atoms with Gasteiger partial charge < -0.3 is 10.1 Å². The molecule has 1 N–H and O–H groups in total. The van der Waals surface area contributed by atoms with Crippen molar-refractivity contribution in [3.63, 3.8) is 0 Å². The minimum Gasteiger partial charge on any atom is -0.473 e. The predicted octanol–water partition coefficient (Wildman–Crippen LogP) is 3.53. The van der Waals surface area contributed by atoms with E-state index in [0.29, 0.717) is 30.3 Å². The summed E-state index contributed by atoms with van der Waals surface area (Å²) in [5.74, 6) is 0.417. The number of pyridine rings is 2. The maximum Gasteiger partial charge on any atom is 0.253 e. The zero-order valence-corrected chi connectivity index (χ0v) is 14.8. The summed E-state index contributed by atoms with van der Waals surface area (Å²) in [4.78, 5) is 20.6. The van der Waals surface area contributed by atoms with Gasteiger partial charge in [-0.2, -0.15) is 0 Å². The van der Waals surface area contributed by atoms with Gasteiger partial charge in [0.05, 0.1) is 11.3 Å². The van der Waals surface area contributed by atoms with E-state index in [9.17, 15) is 4.79 Å². The third-order valence-corrected chi connectivity index (χ3v) is 3.60. The van der Waals surface area contributed by atoms with Gasteiger partial charge in [0.25, 0.3) is 5.91 Å². The number of nitrogens with one attached hydrogen (secondary N) is 1. The molecule has 0 aromatic carbocycles. The number of rotatable bonds is 6. The van der Waals surface area contributed by atoms with Gasteiger partial charge >= 0.3 is 0 Å². The van der Waals surface area contributed by atoms with E-state index in [2.05, 4.69) is 36.1 Å². The number of aryl methyl sites for hydroxylation is 1. The number of amides is 1. The average Bonchev–Trinajstić information content (AvgIpc) is 2.52. The second-order valence-electron chi connectivity index (χ2n) is 6.99. The molecule has 24 heavy (non-hydrogen) atoms. The van der Waals surface area contributed by atoms with Crippen molar-refractivity contribution < 1.29 is 9.53 Å². The highest BCUT2D eigenvalue weighted by Gasteiger charge is 2.14. The van der Waals surface area contributed by atoms with Gasteiger partial charge in [0, 0.05) is 25.0 Å². The fourth-order valence-corrected chi connectivity index (χ4v) is 2.14. The van der Waals surface area contributed by atoms with Crippen molar-refractivity contribution in [1.29, 1.82) is 0 Å². The van der Waals surface area contributed by atoms with Gasteiger partial charge in [0.15, 0.2) is 0 Å². The summed E-state index contributed by atoms with van der Waals surface area (Å²) in [5.41, 5.74) is 2.47. The van der Waals surface area contributed by atoms with Crippen LogP contribution in [0.3, 0.4) is 0 Å². The fourth-order valence-electron chi connectivity index (χ4n) is 2.14. The maximum absolute atomic E-state index is 12.2. The normalized spacial score (nSPS) is 11.2. The summed E-state index contributed by atoms with van der Waals surface area (Å²) < 4.78 is 5.66. The number of ether oxygens (including phenoxy) is 1. The first-order valence-corrected chi connectivity index (χ1v) is 8.13. The molecule has 0 radical (unpaired) electrons. The van der Waals surface area contributed by atoms with Gasteiger partial charge in [0.2, 0.25) is 5.88 Å². The van der Waals surface area contributed by atoms with Crippen LogP contribution in [0.1, 0.15) is 48.8 Å². The lowest BCUT2D eigenvalue weighted by atomic mass is 9.92. The van der Waals surface area contributed by atoms with Crippen LogP contribution in [0.4, 0.5) is 0 Å². The Labute approximate surface area is 143 Å². The number of nitrogens with zero attached hydrogens (tertiary/aromatic N) is 2. The molecule has 0 fully saturated rings. The van der Waals surface area contributed by atoms with Gasteiger partial charge in [-0.3, -0.25) is 9.78 Å². The molecule has 0 spiro atoms. The van der Waals surface area contributed by atoms with Crippen LogP contribution in [0.15, 0.2) is 36.7 Å². The molecule has 0 aliphatic rings. The van der Waals surface area contributed by atoms with Crippen molar-refractivity contribution in [2.24, 2.45) is 5.41 Å². The maximum atomic E-state index is 12.2. The average molecular weight is 327 g/mol. The molecule has 2 rings (SSSR count). The highest BCUT2D eigenvalue weighted by atomic mass is 16.5. The van der Waals surface area contributed by atoms with Gasteiger partial charge in [0.1, 0.15) is 6.61 Å². The van der Waals surface area contributed by atoms with Crippen molar-refractivity contribution in [2.75, 3.05) is 6.54 Å². The summed E-state index contributed by atoms with van der Waals surface area (Å²) in [6, 6.07) is 7.28. The first-order valence-electron chi connectivity index (χ1n) is 8.13. The highest BCUT2D eigenvalue weighted by Crippen LogP contribution is 2.18. The quantitative estimate of drug-likeness (QED) is 0.881. The van der Waals surface area contributed by atoms with Crippen LogP contribution in [0, 0.1) is 12.3 Å². The Kier molecular flexibility index (Phi) is 5.90. The van der Waals surface area contributed by atoms with Crippen LogP contribution >= 0.6 is 0 Å². The second kappa shape index (κ2) is 7.90. The molecule has 0 bridgehead atoms. The third kappa shape index (κ3) is 5.65. The first-order chi connectivity index (χ1) is 11.3. The number of hydrogen-bond acceptors (Lipinski definition) is 4. The van der Waals surface area contributed by atoms with E-state index in [1.807, 2.05) is 19.1 Å². The molecule has 2 heterocycles. The van der Waals surface area contributed by atoms with Crippen molar-refractivity contribution in [2.45, 2.75) is 40.7 Å². The van der Waals surface area contributed by atoms with E-state index in [4.69, 9.17) is 4.74 Å². The molecule has 2 aromatic rings. The van der Waals surface area contributed by atoms with Crippen LogP contribution in [0.25, 0.3) is 0 Å². The topological polar surface area (TPSA) is 64.1 Å². The molecule has 128 valence electrons. The molecule has 0 unspecified atom stereocenters. The van der Waals surface area contributed by atoms with Gasteiger partial charge in [-0.25, -0.2) is 4.98 Å². The smallest absolute Gasteiger partial charge is 0.253 e. The molecular formula is C19H25N3O2. The van der Waals surface area contributed by atoms with E-state index in [1.165, 1.54) is 0 Å². The minimum atomic E-state index is -0.0927. The predicted molar refractivity (Wildman–Crippen MR) is 93.9 cm³/mol. The second-order valence-corrected chi connectivity index (χ2v) is 6.99. The Bertz CT molecular complexity index is 679. The Balaban J connectivity index is 1.92. The molecule has 0 atom stereocenters. The minimum absolute atomic E-state index is 0.0927. The summed E-state index contributed by atoms with van der Waals surface area (Å²) in [6.45, 7) is 9.36.